The molecule has 1 fully saturated rings. The Hall–Kier alpha value is -3.35. The first-order chi connectivity index (χ1) is 15.5. The Morgan fingerprint density at radius 2 is 1.72 bits per heavy atom. The summed E-state index contributed by atoms with van der Waals surface area (Å²) in [4.78, 5) is 9.79. The molecule has 1 aliphatic heterocycles. The lowest BCUT2D eigenvalue weighted by Gasteiger charge is -2.38. The summed E-state index contributed by atoms with van der Waals surface area (Å²) in [6.45, 7) is 11.4. The predicted octanol–water partition coefficient (Wildman–Crippen LogP) is 3.21. The van der Waals surface area contributed by atoms with Crippen LogP contribution in [0.4, 0.5) is 5.69 Å². The first-order valence-corrected chi connectivity index (χ1v) is 11.3. The van der Waals surface area contributed by atoms with Crippen LogP contribution in [0.3, 0.4) is 0 Å². The highest BCUT2D eigenvalue weighted by atomic mass is 15.4. The molecule has 1 aromatic heterocycles. The van der Waals surface area contributed by atoms with Crippen LogP contribution in [0, 0.1) is 20.8 Å². The highest BCUT2D eigenvalue weighted by Crippen LogP contribution is 2.23. The molecule has 0 saturated carbocycles. The summed E-state index contributed by atoms with van der Waals surface area (Å²) in [5.74, 6) is 2.74. The zero-order valence-corrected chi connectivity index (χ0v) is 19.5. The van der Waals surface area contributed by atoms with Crippen molar-refractivity contribution in [3.05, 3.63) is 76.9 Å². The molecule has 0 aliphatic carbocycles. The summed E-state index contributed by atoms with van der Waals surface area (Å²) in [7, 11) is 2.00. The van der Waals surface area contributed by atoms with Crippen LogP contribution in [0.2, 0.25) is 0 Å². The van der Waals surface area contributed by atoms with Crippen molar-refractivity contribution in [2.24, 2.45) is 12.0 Å². The van der Waals surface area contributed by atoms with Crippen LogP contribution in [0.1, 0.15) is 28.3 Å². The Bertz CT molecular complexity index is 1060. The fourth-order valence-corrected chi connectivity index (χ4v) is 4.00. The van der Waals surface area contributed by atoms with Crippen molar-refractivity contribution in [3.8, 4) is 0 Å². The number of rotatable bonds is 5. The summed E-state index contributed by atoms with van der Waals surface area (Å²) in [5, 5.41) is 12.0. The van der Waals surface area contributed by atoms with Crippen molar-refractivity contribution in [2.75, 3.05) is 31.1 Å². The second-order valence-electron chi connectivity index (χ2n) is 8.47. The molecule has 0 amide bonds. The molecule has 0 unspecified atom stereocenters. The Labute approximate surface area is 190 Å². The molecule has 1 saturated heterocycles. The van der Waals surface area contributed by atoms with Crippen molar-refractivity contribution in [1.29, 1.82) is 0 Å². The maximum absolute atomic E-state index is 4.95. The average Bonchev–Trinajstić information content (AvgIpc) is 3.14. The van der Waals surface area contributed by atoms with Gasteiger partial charge in [-0.3, -0.25) is 0 Å². The number of aryl methyl sites for hydroxylation is 3. The number of aromatic nitrogens is 3. The number of piperazine rings is 1. The van der Waals surface area contributed by atoms with E-state index in [1.807, 2.05) is 24.6 Å². The van der Waals surface area contributed by atoms with E-state index in [4.69, 9.17) is 4.99 Å². The van der Waals surface area contributed by atoms with Gasteiger partial charge in [-0.1, -0.05) is 42.5 Å². The van der Waals surface area contributed by atoms with Gasteiger partial charge in [-0.25, -0.2) is 4.99 Å². The molecule has 4 rings (SSSR count). The topological polar surface area (TPSA) is 61.6 Å². The number of nitrogens with one attached hydrogen (secondary N) is 1. The van der Waals surface area contributed by atoms with Crippen molar-refractivity contribution in [3.63, 3.8) is 0 Å². The molecule has 0 spiro atoms. The van der Waals surface area contributed by atoms with Crippen LogP contribution < -0.4 is 10.2 Å². The van der Waals surface area contributed by atoms with Gasteiger partial charge in [0.15, 0.2) is 11.8 Å². The maximum atomic E-state index is 4.95. The van der Waals surface area contributed by atoms with Gasteiger partial charge in [0.25, 0.3) is 0 Å². The second kappa shape index (κ2) is 9.85. The minimum atomic E-state index is 0.599. The van der Waals surface area contributed by atoms with E-state index in [9.17, 15) is 0 Å². The van der Waals surface area contributed by atoms with Gasteiger partial charge in [0.2, 0.25) is 0 Å². The van der Waals surface area contributed by atoms with Gasteiger partial charge in [-0.2, -0.15) is 0 Å². The largest absolute Gasteiger partial charge is 0.368 e. The summed E-state index contributed by atoms with van der Waals surface area (Å²) in [5.41, 5.74) is 5.18. The van der Waals surface area contributed by atoms with Crippen LogP contribution in [0.15, 0.2) is 53.5 Å². The molecule has 32 heavy (non-hydrogen) atoms. The Morgan fingerprint density at radius 3 is 2.41 bits per heavy atom. The molecule has 1 N–H and O–H groups in total. The molecule has 0 bridgehead atoms. The molecule has 2 heterocycles. The number of hydrogen-bond acceptors (Lipinski definition) is 4. The Morgan fingerprint density at radius 1 is 0.969 bits per heavy atom. The summed E-state index contributed by atoms with van der Waals surface area (Å²) >= 11 is 0. The molecule has 1 aliphatic rings. The number of aliphatic imine (C=N–C) groups is 1. The third kappa shape index (κ3) is 5.10. The van der Waals surface area contributed by atoms with Crippen LogP contribution in [0.25, 0.3) is 0 Å². The van der Waals surface area contributed by atoms with Crippen LogP contribution >= 0.6 is 0 Å². The summed E-state index contributed by atoms with van der Waals surface area (Å²) in [6, 6.07) is 17.1. The van der Waals surface area contributed by atoms with Crippen molar-refractivity contribution in [1.82, 2.24) is 25.0 Å². The smallest absolute Gasteiger partial charge is 0.194 e. The van der Waals surface area contributed by atoms with Gasteiger partial charge in [-0.05, 0) is 43.5 Å². The monoisotopic (exact) mass is 431 g/mol. The van der Waals surface area contributed by atoms with Crippen LogP contribution in [-0.4, -0.2) is 51.8 Å². The van der Waals surface area contributed by atoms with Gasteiger partial charge in [0, 0.05) is 38.9 Å². The molecule has 3 aromatic rings. The van der Waals surface area contributed by atoms with Crippen molar-refractivity contribution >= 4 is 11.6 Å². The zero-order chi connectivity index (χ0) is 22.5. The lowest BCUT2D eigenvalue weighted by atomic mass is 10.1. The normalized spacial score (nSPS) is 14.7. The predicted molar refractivity (Wildman–Crippen MR) is 130 cm³/mol. The molecule has 0 atom stereocenters. The Kier molecular flexibility index (Phi) is 6.73. The van der Waals surface area contributed by atoms with E-state index in [1.165, 1.54) is 22.4 Å². The van der Waals surface area contributed by atoms with E-state index in [2.05, 4.69) is 81.6 Å². The van der Waals surface area contributed by atoms with E-state index in [-0.39, 0.29) is 0 Å². The van der Waals surface area contributed by atoms with Gasteiger partial charge in [0.05, 0.1) is 13.1 Å². The van der Waals surface area contributed by atoms with Crippen molar-refractivity contribution < 1.29 is 0 Å². The molecule has 0 radical (unpaired) electrons. The molecule has 168 valence electrons. The number of benzene rings is 2. The highest BCUT2D eigenvalue weighted by Gasteiger charge is 2.21. The molecule has 7 heteroatoms. The van der Waals surface area contributed by atoms with Gasteiger partial charge >= 0.3 is 0 Å². The minimum absolute atomic E-state index is 0.599. The second-order valence-corrected chi connectivity index (χ2v) is 8.47. The third-order valence-electron chi connectivity index (χ3n) is 6.13. The number of guanidine groups is 1. The standard InChI is InChI=1S/C25H33N7/c1-19-10-11-20(2)23(16-19)31-12-14-32(15-13-31)25(26-17-22-8-6-5-7-9-22)27-18-24-29-28-21(3)30(24)4/h5-11,16H,12-15,17-18H2,1-4H3,(H,26,27). The lowest BCUT2D eigenvalue weighted by Crippen LogP contribution is -2.52. The van der Waals surface area contributed by atoms with Gasteiger partial charge in [-0.15, -0.1) is 10.2 Å². The maximum Gasteiger partial charge on any atom is 0.194 e. The van der Waals surface area contributed by atoms with E-state index in [0.717, 1.165) is 43.8 Å². The number of anilines is 1. The van der Waals surface area contributed by atoms with Gasteiger partial charge in [0.1, 0.15) is 5.82 Å². The molecular weight excluding hydrogens is 398 g/mol. The lowest BCUT2D eigenvalue weighted by molar-refractivity contribution is 0.370. The minimum Gasteiger partial charge on any atom is -0.368 e. The molecule has 2 aromatic carbocycles. The third-order valence-corrected chi connectivity index (χ3v) is 6.13. The zero-order valence-electron chi connectivity index (χ0n) is 19.5. The van der Waals surface area contributed by atoms with E-state index >= 15 is 0 Å². The summed E-state index contributed by atoms with van der Waals surface area (Å²) in [6.07, 6.45) is 0. The quantitative estimate of drug-likeness (QED) is 0.497. The molecule has 7 nitrogen and oxygen atoms in total. The highest BCUT2D eigenvalue weighted by molar-refractivity contribution is 5.80. The molecular formula is C25H33N7. The SMILES string of the molecule is Cc1ccc(C)c(N2CCN(C(=NCc3ccccc3)NCc3nnc(C)n3C)CC2)c1. The van der Waals surface area contributed by atoms with Crippen LogP contribution in [0.5, 0.6) is 0 Å². The van der Waals surface area contributed by atoms with Gasteiger partial charge < -0.3 is 19.7 Å². The number of hydrogen-bond donors (Lipinski definition) is 1. The first-order valence-electron chi connectivity index (χ1n) is 11.3. The van der Waals surface area contributed by atoms with E-state index in [1.54, 1.807) is 0 Å². The number of nitrogens with zero attached hydrogens (tertiary/aromatic N) is 6. The van der Waals surface area contributed by atoms with Crippen molar-refractivity contribution in [2.45, 2.75) is 33.9 Å². The van der Waals surface area contributed by atoms with Crippen LogP contribution in [-0.2, 0) is 20.1 Å². The van der Waals surface area contributed by atoms with E-state index < -0.39 is 0 Å². The Balaban J connectivity index is 1.47. The fraction of sp³-hybridized carbons (Fsp3) is 0.400. The first kappa shape index (κ1) is 21.9. The van der Waals surface area contributed by atoms with E-state index in [0.29, 0.717) is 13.1 Å². The average molecular weight is 432 g/mol. The fourth-order valence-electron chi connectivity index (χ4n) is 4.00. The summed E-state index contributed by atoms with van der Waals surface area (Å²) < 4.78 is 2.01.